The molecule has 3 rings (SSSR count). The fourth-order valence-corrected chi connectivity index (χ4v) is 6.18. The number of halogens is 1. The van der Waals surface area contributed by atoms with Crippen molar-refractivity contribution in [2.75, 3.05) is 23.7 Å². The fraction of sp³-hybridized carbons (Fsp3) is 0.394. The molecule has 226 valence electrons. The van der Waals surface area contributed by atoms with Crippen LogP contribution in [0.3, 0.4) is 0 Å². The summed E-state index contributed by atoms with van der Waals surface area (Å²) in [7, 11) is -3.56. The SMILES string of the molecule is CCCCNC(=O)[C@@H](Cc1ccccc1)N(Cc1cccc(Br)c1)C(=O)CCCN(c1ccc(C)c(C)c1)S(C)(=O)=O. The largest absolute Gasteiger partial charge is 0.354 e. The maximum atomic E-state index is 13.9. The van der Waals surface area contributed by atoms with E-state index in [1.165, 1.54) is 10.6 Å². The number of sulfonamides is 1. The Morgan fingerprint density at radius 2 is 1.62 bits per heavy atom. The van der Waals surface area contributed by atoms with Crippen LogP contribution in [-0.2, 0) is 32.6 Å². The third-order valence-corrected chi connectivity index (χ3v) is 8.96. The fourth-order valence-electron chi connectivity index (χ4n) is 4.78. The minimum absolute atomic E-state index is 0.0956. The van der Waals surface area contributed by atoms with Gasteiger partial charge in [-0.1, -0.05) is 77.8 Å². The van der Waals surface area contributed by atoms with Crippen LogP contribution < -0.4 is 9.62 Å². The van der Waals surface area contributed by atoms with Crippen LogP contribution in [-0.4, -0.2) is 50.5 Å². The van der Waals surface area contributed by atoms with Gasteiger partial charge in [-0.15, -0.1) is 0 Å². The number of benzene rings is 3. The summed E-state index contributed by atoms with van der Waals surface area (Å²) in [4.78, 5) is 29.2. The Balaban J connectivity index is 1.88. The number of nitrogens with zero attached hydrogens (tertiary/aromatic N) is 2. The van der Waals surface area contributed by atoms with Gasteiger partial charge in [0.15, 0.2) is 0 Å². The number of hydrogen-bond donors (Lipinski definition) is 1. The molecule has 1 N–H and O–H groups in total. The van der Waals surface area contributed by atoms with Crippen LogP contribution in [0, 0.1) is 13.8 Å². The van der Waals surface area contributed by atoms with Crippen molar-refractivity contribution in [3.8, 4) is 0 Å². The first-order valence-corrected chi connectivity index (χ1v) is 17.0. The van der Waals surface area contributed by atoms with Crippen LogP contribution in [0.25, 0.3) is 0 Å². The maximum absolute atomic E-state index is 13.9. The Morgan fingerprint density at radius 3 is 2.26 bits per heavy atom. The van der Waals surface area contributed by atoms with E-state index in [2.05, 4.69) is 28.2 Å². The monoisotopic (exact) mass is 655 g/mol. The number of rotatable bonds is 15. The van der Waals surface area contributed by atoms with Crippen molar-refractivity contribution >= 4 is 43.5 Å². The van der Waals surface area contributed by atoms with Gasteiger partial charge in [-0.3, -0.25) is 13.9 Å². The average Bonchev–Trinajstić information content (AvgIpc) is 2.94. The quantitative estimate of drug-likeness (QED) is 0.199. The summed E-state index contributed by atoms with van der Waals surface area (Å²) in [6.07, 6.45) is 3.75. The van der Waals surface area contributed by atoms with E-state index in [9.17, 15) is 18.0 Å². The molecule has 2 amide bonds. The number of nitrogens with one attached hydrogen (secondary N) is 1. The van der Waals surface area contributed by atoms with Crippen LogP contribution in [0.15, 0.2) is 77.3 Å². The standard InChI is InChI=1S/C33H42BrN3O4S/c1-5-6-19-35-33(39)31(23-27-12-8-7-9-13-27)36(24-28-14-10-15-29(34)22-28)32(38)16-11-20-37(42(4,40)41)30-18-17-25(2)26(3)21-30/h7-10,12-15,17-18,21-22,31H,5-6,11,16,19-20,23-24H2,1-4H3,(H,35,39)/t31-/m1/s1. The zero-order valence-corrected chi connectivity index (χ0v) is 27.4. The maximum Gasteiger partial charge on any atom is 0.243 e. The number of carbonyl (C=O) groups excluding carboxylic acids is 2. The Kier molecular flexibility index (Phi) is 12.6. The second-order valence-electron chi connectivity index (χ2n) is 10.7. The van der Waals surface area contributed by atoms with Gasteiger partial charge >= 0.3 is 0 Å². The molecule has 0 radical (unpaired) electrons. The predicted molar refractivity (Wildman–Crippen MR) is 174 cm³/mol. The number of unbranched alkanes of at least 4 members (excludes halogenated alkanes) is 1. The van der Waals surface area contributed by atoms with E-state index in [1.807, 2.05) is 80.6 Å². The lowest BCUT2D eigenvalue weighted by molar-refractivity contribution is -0.141. The molecule has 0 fully saturated rings. The average molecular weight is 657 g/mol. The van der Waals surface area contributed by atoms with Crippen LogP contribution in [0.1, 0.15) is 54.9 Å². The normalized spacial score (nSPS) is 12.0. The van der Waals surface area contributed by atoms with Gasteiger partial charge in [-0.25, -0.2) is 8.42 Å². The molecule has 7 nitrogen and oxygen atoms in total. The van der Waals surface area contributed by atoms with Gasteiger partial charge < -0.3 is 10.2 Å². The van der Waals surface area contributed by atoms with Crippen molar-refractivity contribution in [1.82, 2.24) is 10.2 Å². The van der Waals surface area contributed by atoms with Crippen molar-refractivity contribution in [3.63, 3.8) is 0 Å². The Hall–Kier alpha value is -3.17. The van der Waals surface area contributed by atoms with E-state index < -0.39 is 16.1 Å². The number of anilines is 1. The molecule has 0 aromatic heterocycles. The smallest absolute Gasteiger partial charge is 0.243 e. The number of aryl methyl sites for hydroxylation is 2. The highest BCUT2D eigenvalue weighted by molar-refractivity contribution is 9.10. The molecule has 9 heteroatoms. The first-order chi connectivity index (χ1) is 20.0. The molecule has 0 aliphatic heterocycles. The molecule has 0 aliphatic rings. The van der Waals surface area contributed by atoms with Crippen LogP contribution >= 0.6 is 15.9 Å². The van der Waals surface area contributed by atoms with E-state index in [-0.39, 0.29) is 31.3 Å². The lowest BCUT2D eigenvalue weighted by Crippen LogP contribution is -2.50. The Morgan fingerprint density at radius 1 is 0.905 bits per heavy atom. The lowest BCUT2D eigenvalue weighted by atomic mass is 10.0. The third-order valence-electron chi connectivity index (χ3n) is 7.27. The summed E-state index contributed by atoms with van der Waals surface area (Å²) in [5.41, 5.74) is 4.50. The summed E-state index contributed by atoms with van der Waals surface area (Å²) in [6.45, 7) is 6.94. The summed E-state index contributed by atoms with van der Waals surface area (Å²) >= 11 is 3.51. The van der Waals surface area contributed by atoms with E-state index in [0.717, 1.165) is 39.6 Å². The highest BCUT2D eigenvalue weighted by atomic mass is 79.9. The number of amides is 2. The lowest BCUT2D eigenvalue weighted by Gasteiger charge is -2.32. The molecule has 0 aliphatic carbocycles. The second kappa shape index (κ2) is 15.9. The van der Waals surface area contributed by atoms with Gasteiger partial charge in [0.25, 0.3) is 0 Å². The highest BCUT2D eigenvalue weighted by Crippen LogP contribution is 2.23. The van der Waals surface area contributed by atoms with Gasteiger partial charge in [0, 0.05) is 36.9 Å². The van der Waals surface area contributed by atoms with E-state index in [1.54, 1.807) is 11.0 Å². The molecule has 0 heterocycles. The molecule has 0 saturated heterocycles. The zero-order chi connectivity index (χ0) is 30.7. The topological polar surface area (TPSA) is 86.8 Å². The molecule has 42 heavy (non-hydrogen) atoms. The van der Waals surface area contributed by atoms with Crippen LogP contribution in [0.5, 0.6) is 0 Å². The summed E-state index contributed by atoms with van der Waals surface area (Å²) in [5, 5.41) is 3.03. The minimum Gasteiger partial charge on any atom is -0.354 e. The summed E-state index contributed by atoms with van der Waals surface area (Å²) < 4.78 is 27.7. The zero-order valence-electron chi connectivity index (χ0n) is 25.0. The Bertz CT molecular complexity index is 1450. The molecule has 1 atom stereocenters. The third kappa shape index (κ3) is 9.98. The molecule has 0 bridgehead atoms. The molecule has 0 unspecified atom stereocenters. The molecule has 0 saturated carbocycles. The van der Waals surface area contributed by atoms with Crippen molar-refractivity contribution in [1.29, 1.82) is 0 Å². The van der Waals surface area contributed by atoms with Crippen molar-refractivity contribution < 1.29 is 18.0 Å². The molecular weight excluding hydrogens is 614 g/mol. The predicted octanol–water partition coefficient (Wildman–Crippen LogP) is 6.17. The van der Waals surface area contributed by atoms with Crippen molar-refractivity contribution in [3.05, 3.63) is 99.5 Å². The summed E-state index contributed by atoms with van der Waals surface area (Å²) in [5.74, 6) is -0.390. The van der Waals surface area contributed by atoms with E-state index in [4.69, 9.17) is 0 Å². The Labute approximate surface area is 259 Å². The van der Waals surface area contributed by atoms with Gasteiger partial charge in [0.1, 0.15) is 6.04 Å². The van der Waals surface area contributed by atoms with E-state index >= 15 is 0 Å². The first-order valence-electron chi connectivity index (χ1n) is 14.4. The highest BCUT2D eigenvalue weighted by Gasteiger charge is 2.30. The molecule has 3 aromatic rings. The summed E-state index contributed by atoms with van der Waals surface area (Å²) in [6, 6.07) is 22.2. The van der Waals surface area contributed by atoms with Crippen LogP contribution in [0.2, 0.25) is 0 Å². The van der Waals surface area contributed by atoms with Crippen molar-refractivity contribution in [2.45, 2.75) is 65.5 Å². The van der Waals surface area contributed by atoms with E-state index in [0.29, 0.717) is 25.1 Å². The minimum atomic E-state index is -3.56. The van der Waals surface area contributed by atoms with Crippen molar-refractivity contribution in [2.24, 2.45) is 0 Å². The molecule has 3 aromatic carbocycles. The first kappa shape index (κ1) is 33.3. The molecular formula is C33H42BrN3O4S. The van der Waals surface area contributed by atoms with Crippen LogP contribution in [0.4, 0.5) is 5.69 Å². The van der Waals surface area contributed by atoms with Gasteiger partial charge in [-0.2, -0.15) is 0 Å². The van der Waals surface area contributed by atoms with Gasteiger partial charge in [0.05, 0.1) is 11.9 Å². The van der Waals surface area contributed by atoms with Gasteiger partial charge in [0.2, 0.25) is 21.8 Å². The van der Waals surface area contributed by atoms with Gasteiger partial charge in [-0.05, 0) is 73.2 Å². The molecule has 0 spiro atoms. The second-order valence-corrected chi connectivity index (χ2v) is 13.5. The number of hydrogen-bond acceptors (Lipinski definition) is 4. The number of carbonyl (C=O) groups is 2.